The molecule has 6 heterocycles. The molecular formula is C48H61N9O7. The van der Waals surface area contributed by atoms with Gasteiger partial charge in [-0.15, -0.1) is 0 Å². The summed E-state index contributed by atoms with van der Waals surface area (Å²) in [6, 6.07) is 11.4. The van der Waals surface area contributed by atoms with Crippen LogP contribution in [0, 0.1) is 11.8 Å². The fraction of sp³-hybridized carbons (Fsp3) is 0.542. The van der Waals surface area contributed by atoms with Crippen LogP contribution in [0.15, 0.2) is 48.8 Å². The lowest BCUT2D eigenvalue weighted by Crippen LogP contribution is -2.57. The van der Waals surface area contributed by atoms with Crippen LogP contribution in [0.2, 0.25) is 0 Å². The molecule has 4 aromatic rings. The van der Waals surface area contributed by atoms with Crippen molar-refractivity contribution in [2.24, 2.45) is 11.8 Å². The van der Waals surface area contributed by atoms with Gasteiger partial charge in [-0.2, -0.15) is 0 Å². The first-order valence-corrected chi connectivity index (χ1v) is 23.1. The minimum atomic E-state index is -0.701. The number of nitrogens with zero attached hydrogens (tertiary/aromatic N) is 5. The zero-order valence-corrected chi connectivity index (χ0v) is 37.7. The molecule has 2 saturated heterocycles. The maximum Gasteiger partial charge on any atom is 0.407 e. The van der Waals surface area contributed by atoms with Gasteiger partial charge in [-0.3, -0.25) is 9.59 Å². The van der Waals surface area contributed by atoms with E-state index >= 15 is 0 Å². The second kappa shape index (κ2) is 17.5. The van der Waals surface area contributed by atoms with Gasteiger partial charge in [0.1, 0.15) is 29.5 Å². The monoisotopic (exact) mass is 875 g/mol. The van der Waals surface area contributed by atoms with Crippen LogP contribution in [0.1, 0.15) is 126 Å². The van der Waals surface area contributed by atoms with E-state index < -0.39 is 30.0 Å². The second-order valence-electron chi connectivity index (χ2n) is 18.8. The van der Waals surface area contributed by atoms with Crippen molar-refractivity contribution in [3.8, 4) is 28.3 Å². The second-order valence-corrected chi connectivity index (χ2v) is 18.8. The van der Waals surface area contributed by atoms with E-state index in [2.05, 4.69) is 61.9 Å². The number of ether oxygens (including phenoxy) is 3. The molecule has 340 valence electrons. The molecule has 1 aliphatic carbocycles. The highest BCUT2D eigenvalue weighted by Crippen LogP contribution is 2.55. The molecule has 0 bridgehead atoms. The summed E-state index contributed by atoms with van der Waals surface area (Å²) in [4.78, 5) is 74.7. The van der Waals surface area contributed by atoms with Crippen LogP contribution in [0.3, 0.4) is 0 Å². The van der Waals surface area contributed by atoms with Crippen LogP contribution in [-0.4, -0.2) is 98.9 Å². The van der Waals surface area contributed by atoms with Gasteiger partial charge in [0.15, 0.2) is 5.72 Å². The van der Waals surface area contributed by atoms with E-state index in [1.54, 1.807) is 0 Å². The number of anilines is 1. The highest BCUT2D eigenvalue weighted by atomic mass is 16.5. The van der Waals surface area contributed by atoms with Gasteiger partial charge in [0, 0.05) is 42.7 Å². The molecule has 2 aromatic carbocycles. The molecule has 5 atom stereocenters. The fourth-order valence-electron chi connectivity index (χ4n) is 10.8. The molecule has 16 heteroatoms. The van der Waals surface area contributed by atoms with Crippen LogP contribution in [0.4, 0.5) is 15.3 Å². The summed E-state index contributed by atoms with van der Waals surface area (Å²) in [5.74, 6) is 1.86. The number of benzene rings is 2. The van der Waals surface area contributed by atoms with Crippen LogP contribution in [0.25, 0.3) is 22.5 Å². The minimum absolute atomic E-state index is 0.104. The lowest BCUT2D eigenvalue weighted by atomic mass is 9.86. The number of alkyl carbamates (subject to hydrolysis) is 2. The van der Waals surface area contributed by atoms with Gasteiger partial charge in [0.2, 0.25) is 11.8 Å². The molecule has 4 amide bonds. The van der Waals surface area contributed by atoms with E-state index in [9.17, 15) is 19.2 Å². The molecule has 3 fully saturated rings. The Labute approximate surface area is 374 Å². The molecule has 64 heavy (non-hydrogen) atoms. The number of nitrogens with one attached hydrogen (secondary N) is 4. The number of hydrogen-bond acceptors (Lipinski definition) is 10. The fourth-order valence-corrected chi connectivity index (χ4v) is 10.8. The molecule has 2 aromatic heterocycles. The molecule has 16 nitrogen and oxygen atoms in total. The Morgan fingerprint density at radius 1 is 0.719 bits per heavy atom. The number of rotatable bonds is 10. The zero-order chi connectivity index (χ0) is 44.9. The van der Waals surface area contributed by atoms with Crippen molar-refractivity contribution in [1.82, 2.24) is 40.4 Å². The van der Waals surface area contributed by atoms with Crippen LogP contribution in [-0.2, 0) is 25.5 Å². The number of hydrogen-bond donors (Lipinski definition) is 4. The molecule has 1 spiro atoms. The summed E-state index contributed by atoms with van der Waals surface area (Å²) in [5.41, 5.74) is 6.89. The summed E-state index contributed by atoms with van der Waals surface area (Å²) in [5, 5.41) is 5.46. The molecule has 4 N–H and O–H groups in total. The van der Waals surface area contributed by atoms with E-state index in [0.29, 0.717) is 13.1 Å². The quantitative estimate of drug-likeness (QED) is 0.123. The minimum Gasteiger partial charge on any atom is -0.468 e. The van der Waals surface area contributed by atoms with Gasteiger partial charge < -0.3 is 49.5 Å². The third-order valence-corrected chi connectivity index (χ3v) is 14.1. The number of aromatic amines is 2. The Morgan fingerprint density at radius 3 is 1.78 bits per heavy atom. The Balaban J connectivity index is 0.955. The van der Waals surface area contributed by atoms with Gasteiger partial charge >= 0.3 is 12.2 Å². The number of aromatic nitrogens is 4. The lowest BCUT2D eigenvalue weighted by Gasteiger charge is -2.52. The normalized spacial score (nSPS) is 21.9. The van der Waals surface area contributed by atoms with Crippen molar-refractivity contribution in [2.75, 3.05) is 32.2 Å². The summed E-state index contributed by atoms with van der Waals surface area (Å²) in [6.45, 7) is 8.84. The first-order valence-electron chi connectivity index (χ1n) is 23.1. The summed E-state index contributed by atoms with van der Waals surface area (Å²) >= 11 is 0. The van der Waals surface area contributed by atoms with E-state index in [0.717, 1.165) is 103 Å². The average molecular weight is 876 g/mol. The molecule has 5 aliphatic rings. The third-order valence-electron chi connectivity index (χ3n) is 14.1. The molecule has 9 rings (SSSR count). The smallest absolute Gasteiger partial charge is 0.407 e. The van der Waals surface area contributed by atoms with Gasteiger partial charge in [-0.05, 0) is 86.1 Å². The van der Waals surface area contributed by atoms with Crippen molar-refractivity contribution in [3.63, 3.8) is 0 Å². The standard InChI is InChI=1S/C48H61N9O7/c1-27(2)40(53-46(60)62-5)44(58)55-20-10-12-36(55)42-49-25-33(51-42)29-15-17-35-31(22-29)23-38-32-16-14-30(24-39(32)64-48(57(35)38)18-8-7-9-19-48)34-26-50-43(52-34)37-13-11-21-56(37)45(59)41(28(3)4)54-47(61)63-6/h14-17,22,24-28,36-38,40-41H,7-13,18-21,23H2,1-6H3,(H,49,51)(H,50,52)(H,53,60)(H,54,61)/t36-,37-,38?,40-,41-/m0/s1. The van der Waals surface area contributed by atoms with Crippen molar-refractivity contribution in [2.45, 2.75) is 128 Å². The predicted molar refractivity (Wildman–Crippen MR) is 239 cm³/mol. The van der Waals surface area contributed by atoms with Gasteiger partial charge in [0.05, 0.1) is 56.1 Å². The van der Waals surface area contributed by atoms with E-state index in [1.807, 2.05) is 49.9 Å². The maximum absolute atomic E-state index is 13.8. The molecule has 0 radical (unpaired) electrons. The SMILES string of the molecule is COC(=O)N[C@H](C(=O)N1CCC[C@H]1c1ncc(-c2ccc3c(c2)CC2c4ccc(-c5cnc([C@@H]6CCCN6C(=O)[C@@H](NC(=O)OC)C(C)C)[nH]5)cc4OC4(CCCCC4)N32)[nH]1)C(C)C. The van der Waals surface area contributed by atoms with Crippen LogP contribution >= 0.6 is 0 Å². The first-order chi connectivity index (χ1) is 30.9. The predicted octanol–water partition coefficient (Wildman–Crippen LogP) is 7.71. The van der Waals surface area contributed by atoms with Crippen molar-refractivity contribution < 1.29 is 33.4 Å². The number of methoxy groups -OCH3 is 2. The van der Waals surface area contributed by atoms with E-state index in [-0.39, 0.29) is 41.8 Å². The van der Waals surface area contributed by atoms with Crippen molar-refractivity contribution in [3.05, 3.63) is 71.6 Å². The lowest BCUT2D eigenvalue weighted by molar-refractivity contribution is -0.136. The topological polar surface area (TPSA) is 187 Å². The highest BCUT2D eigenvalue weighted by Gasteiger charge is 2.52. The van der Waals surface area contributed by atoms with E-state index in [1.165, 1.54) is 31.9 Å². The third kappa shape index (κ3) is 7.82. The number of carbonyl (C=O) groups excluding carboxylic acids is 4. The number of fused-ring (bicyclic) bond motifs is 6. The molecule has 4 aliphatic heterocycles. The highest BCUT2D eigenvalue weighted by molar-refractivity contribution is 5.87. The summed E-state index contributed by atoms with van der Waals surface area (Å²) in [6.07, 6.45) is 11.8. The molecule has 1 unspecified atom stereocenters. The maximum atomic E-state index is 13.8. The first kappa shape index (κ1) is 43.2. The number of carbonyl (C=O) groups is 4. The average Bonchev–Trinajstić information content (AvgIpc) is 4.15. The Hall–Kier alpha value is -6.06. The number of imidazole rings is 2. The Morgan fingerprint density at radius 2 is 1.25 bits per heavy atom. The number of amides is 4. The number of likely N-dealkylation sites (tertiary alicyclic amines) is 2. The Kier molecular flexibility index (Phi) is 11.8. The van der Waals surface area contributed by atoms with Crippen LogP contribution in [0.5, 0.6) is 5.75 Å². The molecular weight excluding hydrogens is 815 g/mol. The van der Waals surface area contributed by atoms with Gasteiger partial charge in [0.25, 0.3) is 0 Å². The van der Waals surface area contributed by atoms with Gasteiger partial charge in [-0.1, -0.05) is 52.3 Å². The van der Waals surface area contributed by atoms with Crippen LogP contribution < -0.4 is 20.3 Å². The summed E-state index contributed by atoms with van der Waals surface area (Å²) < 4.78 is 16.8. The zero-order valence-electron chi connectivity index (χ0n) is 37.7. The largest absolute Gasteiger partial charge is 0.468 e. The number of H-pyrrole nitrogens is 2. The summed E-state index contributed by atoms with van der Waals surface area (Å²) in [7, 11) is 2.60. The van der Waals surface area contributed by atoms with E-state index in [4.69, 9.17) is 24.2 Å². The van der Waals surface area contributed by atoms with Gasteiger partial charge in [-0.25, -0.2) is 19.6 Å². The van der Waals surface area contributed by atoms with Crippen molar-refractivity contribution >= 4 is 29.7 Å². The van der Waals surface area contributed by atoms with Crippen molar-refractivity contribution in [1.29, 1.82) is 0 Å². The Bertz CT molecular complexity index is 2400. The molecule has 1 saturated carbocycles.